The highest BCUT2D eigenvalue weighted by Crippen LogP contribution is 2.09. The van der Waals surface area contributed by atoms with Crippen molar-refractivity contribution in [1.82, 2.24) is 9.97 Å². The van der Waals surface area contributed by atoms with Gasteiger partial charge in [0.2, 0.25) is 0 Å². The molecule has 2 aromatic rings. The van der Waals surface area contributed by atoms with Crippen LogP contribution in [0.3, 0.4) is 0 Å². The number of nitrogens with zero attached hydrogens (tertiary/aromatic N) is 1. The van der Waals surface area contributed by atoms with E-state index in [4.69, 9.17) is 0 Å². The number of halogens is 1. The second kappa shape index (κ2) is 3.58. The van der Waals surface area contributed by atoms with Gasteiger partial charge in [-0.2, -0.15) is 0 Å². The van der Waals surface area contributed by atoms with Crippen LogP contribution in [0, 0.1) is 6.92 Å². The molecule has 0 aliphatic carbocycles. The Morgan fingerprint density at radius 2 is 2.15 bits per heavy atom. The average Bonchev–Trinajstić information content (AvgIpc) is 2.07. The van der Waals surface area contributed by atoms with Crippen molar-refractivity contribution in [2.45, 2.75) is 6.92 Å². The summed E-state index contributed by atoms with van der Waals surface area (Å²) in [5, 5.41) is 0.650. The second-order valence-electron chi connectivity index (χ2n) is 2.70. The highest BCUT2D eigenvalue weighted by molar-refractivity contribution is 5.85. The number of H-pyrrole nitrogens is 1. The monoisotopic (exact) mass is 196 g/mol. The van der Waals surface area contributed by atoms with E-state index >= 15 is 0 Å². The molecule has 0 aliphatic heterocycles. The Morgan fingerprint density at radius 3 is 2.85 bits per heavy atom. The van der Waals surface area contributed by atoms with Crippen LogP contribution in [0.1, 0.15) is 5.56 Å². The standard InChI is InChI=1S/C9H8N2O.ClH/c1-6-3-2-4-7-8(6)10-5-11-9(7)12;/h2-5H,1H3,(H,10,11,12);1H. The zero-order chi connectivity index (χ0) is 8.55. The Bertz CT molecular complexity index is 478. The maximum absolute atomic E-state index is 11.2. The summed E-state index contributed by atoms with van der Waals surface area (Å²) >= 11 is 0. The molecule has 1 aromatic carbocycles. The fourth-order valence-electron chi connectivity index (χ4n) is 1.25. The van der Waals surface area contributed by atoms with Gasteiger partial charge in [0, 0.05) is 0 Å². The minimum atomic E-state index is -0.0799. The molecule has 2 rings (SSSR count). The van der Waals surface area contributed by atoms with Crippen LogP contribution >= 0.6 is 12.4 Å². The average molecular weight is 197 g/mol. The van der Waals surface area contributed by atoms with Crippen molar-refractivity contribution in [3.05, 3.63) is 40.4 Å². The molecule has 0 spiro atoms. The van der Waals surface area contributed by atoms with Crippen LogP contribution in [0.15, 0.2) is 29.3 Å². The molecule has 0 unspecified atom stereocenters. The molecular formula is C9H9ClN2O. The van der Waals surface area contributed by atoms with Crippen LogP contribution in [0.25, 0.3) is 10.9 Å². The molecule has 4 heteroatoms. The van der Waals surface area contributed by atoms with Crippen LogP contribution in [-0.2, 0) is 0 Å². The first-order valence-corrected chi connectivity index (χ1v) is 3.72. The van der Waals surface area contributed by atoms with Gasteiger partial charge >= 0.3 is 0 Å². The first-order chi connectivity index (χ1) is 5.79. The van der Waals surface area contributed by atoms with Crippen molar-refractivity contribution in [2.24, 2.45) is 0 Å². The normalized spacial score (nSPS) is 9.62. The number of benzene rings is 1. The summed E-state index contributed by atoms with van der Waals surface area (Å²) in [6.45, 7) is 1.94. The molecular weight excluding hydrogens is 188 g/mol. The Hall–Kier alpha value is -1.35. The highest BCUT2D eigenvalue weighted by Gasteiger charge is 1.99. The molecule has 0 bridgehead atoms. The molecule has 1 heterocycles. The van der Waals surface area contributed by atoms with Gasteiger partial charge in [0.1, 0.15) is 0 Å². The summed E-state index contributed by atoms with van der Waals surface area (Å²) in [7, 11) is 0. The Kier molecular flexibility index (Phi) is 2.68. The van der Waals surface area contributed by atoms with Crippen molar-refractivity contribution < 1.29 is 0 Å². The summed E-state index contributed by atoms with van der Waals surface area (Å²) in [4.78, 5) is 17.9. The highest BCUT2D eigenvalue weighted by atomic mass is 35.5. The molecule has 1 N–H and O–H groups in total. The zero-order valence-electron chi connectivity index (χ0n) is 7.07. The van der Waals surface area contributed by atoms with E-state index in [0.29, 0.717) is 5.39 Å². The minimum absolute atomic E-state index is 0. The van der Waals surface area contributed by atoms with Crippen molar-refractivity contribution in [3.63, 3.8) is 0 Å². The van der Waals surface area contributed by atoms with Gasteiger partial charge in [-0.15, -0.1) is 12.4 Å². The van der Waals surface area contributed by atoms with Gasteiger partial charge in [-0.3, -0.25) is 4.79 Å². The fourth-order valence-corrected chi connectivity index (χ4v) is 1.25. The van der Waals surface area contributed by atoms with Gasteiger partial charge < -0.3 is 4.98 Å². The smallest absolute Gasteiger partial charge is 0.258 e. The number of para-hydroxylation sites is 1. The van der Waals surface area contributed by atoms with Gasteiger partial charge in [-0.25, -0.2) is 4.98 Å². The molecule has 0 aliphatic rings. The van der Waals surface area contributed by atoms with E-state index in [1.54, 1.807) is 6.07 Å². The summed E-state index contributed by atoms with van der Waals surface area (Å²) in [6.07, 6.45) is 1.43. The maximum atomic E-state index is 11.2. The number of hydrogen-bond acceptors (Lipinski definition) is 2. The summed E-state index contributed by atoms with van der Waals surface area (Å²) in [5.74, 6) is 0. The predicted octanol–water partition coefficient (Wildman–Crippen LogP) is 1.65. The van der Waals surface area contributed by atoms with Gasteiger partial charge in [0.05, 0.1) is 17.2 Å². The van der Waals surface area contributed by atoms with Crippen LogP contribution in [-0.4, -0.2) is 9.97 Å². The van der Waals surface area contributed by atoms with E-state index in [9.17, 15) is 4.79 Å². The third-order valence-electron chi connectivity index (χ3n) is 1.87. The molecule has 0 saturated carbocycles. The predicted molar refractivity (Wildman–Crippen MR) is 54.3 cm³/mol. The molecule has 0 radical (unpaired) electrons. The molecule has 0 fully saturated rings. The van der Waals surface area contributed by atoms with Gasteiger partial charge in [-0.1, -0.05) is 12.1 Å². The Morgan fingerprint density at radius 1 is 1.38 bits per heavy atom. The van der Waals surface area contributed by atoms with Crippen molar-refractivity contribution in [2.75, 3.05) is 0 Å². The van der Waals surface area contributed by atoms with E-state index in [1.807, 2.05) is 19.1 Å². The van der Waals surface area contributed by atoms with E-state index in [2.05, 4.69) is 9.97 Å². The lowest BCUT2D eigenvalue weighted by atomic mass is 10.1. The number of aromatic nitrogens is 2. The first kappa shape index (κ1) is 9.74. The first-order valence-electron chi connectivity index (χ1n) is 3.72. The second-order valence-corrected chi connectivity index (χ2v) is 2.70. The Labute approximate surface area is 81.2 Å². The lowest BCUT2D eigenvalue weighted by Gasteiger charge is -1.97. The van der Waals surface area contributed by atoms with Crippen molar-refractivity contribution in [3.8, 4) is 0 Å². The summed E-state index contributed by atoms with van der Waals surface area (Å²) in [6, 6.07) is 5.57. The number of aromatic amines is 1. The zero-order valence-corrected chi connectivity index (χ0v) is 7.89. The summed E-state index contributed by atoms with van der Waals surface area (Å²) < 4.78 is 0. The third-order valence-corrected chi connectivity index (χ3v) is 1.87. The van der Waals surface area contributed by atoms with Crippen LogP contribution < -0.4 is 5.56 Å². The maximum Gasteiger partial charge on any atom is 0.258 e. The van der Waals surface area contributed by atoms with E-state index in [1.165, 1.54) is 6.33 Å². The molecule has 1 aromatic heterocycles. The molecule has 0 saturated heterocycles. The van der Waals surface area contributed by atoms with E-state index < -0.39 is 0 Å². The van der Waals surface area contributed by atoms with Gasteiger partial charge in [0.25, 0.3) is 5.56 Å². The topological polar surface area (TPSA) is 45.8 Å². The molecule has 68 valence electrons. The summed E-state index contributed by atoms with van der Waals surface area (Å²) in [5.41, 5.74) is 1.73. The van der Waals surface area contributed by atoms with Crippen molar-refractivity contribution in [1.29, 1.82) is 0 Å². The molecule has 3 nitrogen and oxygen atoms in total. The Balaban J connectivity index is 0.000000845. The van der Waals surface area contributed by atoms with Crippen LogP contribution in [0.4, 0.5) is 0 Å². The number of nitrogens with one attached hydrogen (secondary N) is 1. The quantitative estimate of drug-likeness (QED) is 0.697. The van der Waals surface area contributed by atoms with Gasteiger partial charge in [0.15, 0.2) is 0 Å². The van der Waals surface area contributed by atoms with Gasteiger partial charge in [-0.05, 0) is 18.6 Å². The molecule has 0 amide bonds. The third kappa shape index (κ3) is 1.55. The number of fused-ring (bicyclic) bond motifs is 1. The largest absolute Gasteiger partial charge is 0.313 e. The van der Waals surface area contributed by atoms with E-state index in [-0.39, 0.29) is 18.0 Å². The number of rotatable bonds is 0. The number of hydrogen-bond donors (Lipinski definition) is 1. The number of aryl methyl sites for hydroxylation is 1. The fraction of sp³-hybridized carbons (Fsp3) is 0.111. The van der Waals surface area contributed by atoms with Crippen LogP contribution in [0.2, 0.25) is 0 Å². The minimum Gasteiger partial charge on any atom is -0.313 e. The van der Waals surface area contributed by atoms with Crippen LogP contribution in [0.5, 0.6) is 0 Å². The molecule has 0 atom stereocenters. The van der Waals surface area contributed by atoms with E-state index in [0.717, 1.165) is 11.1 Å². The lowest BCUT2D eigenvalue weighted by Crippen LogP contribution is -2.06. The van der Waals surface area contributed by atoms with Crippen molar-refractivity contribution >= 4 is 23.3 Å². The molecule has 13 heavy (non-hydrogen) atoms. The SMILES string of the molecule is Cc1cccc2c(=O)[nH]cnc12.Cl. The lowest BCUT2D eigenvalue weighted by molar-refractivity contribution is 1.16.